The van der Waals surface area contributed by atoms with Crippen molar-refractivity contribution < 1.29 is 19.1 Å². The Bertz CT molecular complexity index is 908. The summed E-state index contributed by atoms with van der Waals surface area (Å²) in [5.74, 6) is 0.495. The van der Waals surface area contributed by atoms with Gasteiger partial charge in [0.1, 0.15) is 5.75 Å². The second kappa shape index (κ2) is 11.9. The van der Waals surface area contributed by atoms with Crippen LogP contribution in [0, 0.1) is 6.92 Å². The van der Waals surface area contributed by atoms with Gasteiger partial charge >= 0.3 is 0 Å². The van der Waals surface area contributed by atoms with Crippen LogP contribution in [-0.2, 0) is 9.59 Å². The van der Waals surface area contributed by atoms with E-state index >= 15 is 0 Å². The number of piperidine rings is 1. The molecule has 0 bridgehead atoms. The Morgan fingerprint density at radius 3 is 2.41 bits per heavy atom. The second-order valence-electron chi connectivity index (χ2n) is 7.99. The number of likely N-dealkylation sites (tertiary alicyclic amines) is 1. The van der Waals surface area contributed by atoms with E-state index < -0.39 is 0 Å². The molecule has 0 saturated carbocycles. The average Bonchev–Trinajstić information content (AvgIpc) is 2.82. The van der Waals surface area contributed by atoms with Crippen LogP contribution in [0.3, 0.4) is 0 Å². The molecular formula is C25H31N3O4. The molecule has 7 heteroatoms. The molecule has 2 aromatic rings. The van der Waals surface area contributed by atoms with Crippen LogP contribution in [0.15, 0.2) is 54.6 Å². The van der Waals surface area contributed by atoms with Crippen LogP contribution < -0.4 is 15.4 Å². The fourth-order valence-corrected chi connectivity index (χ4v) is 3.69. The maximum absolute atomic E-state index is 12.5. The molecule has 0 radical (unpaired) electrons. The number of aryl methyl sites for hydroxylation is 1. The first-order valence-electron chi connectivity index (χ1n) is 11.1. The monoisotopic (exact) mass is 437 g/mol. The summed E-state index contributed by atoms with van der Waals surface area (Å²) in [6.45, 7) is 3.70. The zero-order chi connectivity index (χ0) is 22.8. The Kier molecular flexibility index (Phi) is 8.66. The highest BCUT2D eigenvalue weighted by atomic mass is 16.5. The predicted molar refractivity (Wildman–Crippen MR) is 122 cm³/mol. The molecule has 0 aliphatic carbocycles. The van der Waals surface area contributed by atoms with Crippen molar-refractivity contribution in [2.75, 3.05) is 26.2 Å². The molecule has 0 aromatic heterocycles. The summed E-state index contributed by atoms with van der Waals surface area (Å²) in [5.41, 5.74) is 1.61. The standard InChI is InChI=1S/C25H31N3O4/c1-19-8-5-6-11-22(19)32-17-7-12-24(30)28-15-13-21(14-16-28)27-23(29)18-26-25(31)20-9-3-2-4-10-20/h2-6,8-11,21H,7,12-18H2,1H3,(H,26,31)(H,27,29). The number of para-hydroxylation sites is 1. The predicted octanol–water partition coefficient (Wildman–Crippen LogP) is 2.69. The maximum Gasteiger partial charge on any atom is 0.251 e. The van der Waals surface area contributed by atoms with Gasteiger partial charge in [-0.1, -0.05) is 36.4 Å². The second-order valence-corrected chi connectivity index (χ2v) is 7.99. The lowest BCUT2D eigenvalue weighted by Crippen LogP contribution is -2.48. The van der Waals surface area contributed by atoms with Gasteiger partial charge in [-0.2, -0.15) is 0 Å². The fraction of sp³-hybridized carbons (Fsp3) is 0.400. The van der Waals surface area contributed by atoms with Gasteiger partial charge in [0.25, 0.3) is 5.91 Å². The highest BCUT2D eigenvalue weighted by molar-refractivity contribution is 5.96. The average molecular weight is 438 g/mol. The smallest absolute Gasteiger partial charge is 0.251 e. The largest absolute Gasteiger partial charge is 0.493 e. The summed E-state index contributed by atoms with van der Waals surface area (Å²) in [4.78, 5) is 38.5. The Balaban J connectivity index is 1.29. The zero-order valence-corrected chi connectivity index (χ0v) is 18.5. The van der Waals surface area contributed by atoms with Crippen molar-refractivity contribution in [3.8, 4) is 5.75 Å². The SMILES string of the molecule is Cc1ccccc1OCCCC(=O)N1CCC(NC(=O)CNC(=O)c2ccccc2)CC1. The van der Waals surface area contributed by atoms with E-state index in [4.69, 9.17) is 4.74 Å². The van der Waals surface area contributed by atoms with Gasteiger partial charge in [0.05, 0.1) is 13.2 Å². The van der Waals surface area contributed by atoms with E-state index in [0.717, 1.165) is 11.3 Å². The van der Waals surface area contributed by atoms with Gasteiger partial charge < -0.3 is 20.3 Å². The third kappa shape index (κ3) is 7.11. The summed E-state index contributed by atoms with van der Waals surface area (Å²) in [5, 5.41) is 5.58. The number of rotatable bonds is 9. The van der Waals surface area contributed by atoms with Crippen molar-refractivity contribution in [2.45, 2.75) is 38.6 Å². The Labute approximate surface area is 189 Å². The lowest BCUT2D eigenvalue weighted by molar-refractivity contribution is -0.132. The Morgan fingerprint density at radius 1 is 1.00 bits per heavy atom. The molecule has 1 fully saturated rings. The number of carbonyl (C=O) groups excluding carboxylic acids is 3. The van der Waals surface area contributed by atoms with Gasteiger partial charge in [0.2, 0.25) is 11.8 Å². The quantitative estimate of drug-likeness (QED) is 0.591. The van der Waals surface area contributed by atoms with Gasteiger partial charge in [-0.25, -0.2) is 0 Å². The minimum absolute atomic E-state index is 0.0181. The molecule has 7 nitrogen and oxygen atoms in total. The van der Waals surface area contributed by atoms with E-state index in [1.54, 1.807) is 24.3 Å². The maximum atomic E-state index is 12.5. The molecule has 2 aromatic carbocycles. The first-order chi connectivity index (χ1) is 15.5. The molecule has 3 rings (SSSR count). The highest BCUT2D eigenvalue weighted by Gasteiger charge is 2.23. The minimum atomic E-state index is -0.271. The van der Waals surface area contributed by atoms with E-state index in [0.29, 0.717) is 50.9 Å². The third-order valence-corrected chi connectivity index (χ3v) is 5.54. The van der Waals surface area contributed by atoms with Crippen molar-refractivity contribution in [3.63, 3.8) is 0 Å². The van der Waals surface area contributed by atoms with Gasteiger partial charge in [0, 0.05) is 31.1 Å². The number of carbonyl (C=O) groups is 3. The lowest BCUT2D eigenvalue weighted by Gasteiger charge is -2.32. The van der Waals surface area contributed by atoms with Crippen molar-refractivity contribution in [1.29, 1.82) is 0 Å². The highest BCUT2D eigenvalue weighted by Crippen LogP contribution is 2.17. The fourth-order valence-electron chi connectivity index (χ4n) is 3.69. The lowest BCUT2D eigenvalue weighted by atomic mass is 10.0. The Morgan fingerprint density at radius 2 is 1.69 bits per heavy atom. The molecule has 1 heterocycles. The molecule has 1 aliphatic rings. The van der Waals surface area contributed by atoms with E-state index in [9.17, 15) is 14.4 Å². The topological polar surface area (TPSA) is 87.7 Å². The molecule has 0 unspecified atom stereocenters. The third-order valence-electron chi connectivity index (χ3n) is 5.54. The van der Waals surface area contributed by atoms with E-state index in [1.807, 2.05) is 42.2 Å². The summed E-state index contributed by atoms with van der Waals surface area (Å²) < 4.78 is 5.76. The van der Waals surface area contributed by atoms with Crippen LogP contribution in [0.5, 0.6) is 5.75 Å². The normalized spacial score (nSPS) is 14.0. The number of amides is 3. The van der Waals surface area contributed by atoms with E-state index in [-0.39, 0.29) is 30.3 Å². The van der Waals surface area contributed by atoms with Gasteiger partial charge in [0.15, 0.2) is 0 Å². The van der Waals surface area contributed by atoms with Gasteiger partial charge in [-0.3, -0.25) is 14.4 Å². The summed E-state index contributed by atoms with van der Waals surface area (Å²) in [7, 11) is 0. The molecular weight excluding hydrogens is 406 g/mol. The molecule has 0 atom stereocenters. The molecule has 0 spiro atoms. The van der Waals surface area contributed by atoms with E-state index in [2.05, 4.69) is 10.6 Å². The Hall–Kier alpha value is -3.35. The number of hydrogen-bond acceptors (Lipinski definition) is 4. The van der Waals surface area contributed by atoms with Crippen LogP contribution in [0.1, 0.15) is 41.6 Å². The number of benzene rings is 2. The van der Waals surface area contributed by atoms with Crippen LogP contribution in [-0.4, -0.2) is 54.9 Å². The minimum Gasteiger partial charge on any atom is -0.493 e. The summed E-state index contributed by atoms with van der Waals surface area (Å²) >= 11 is 0. The molecule has 3 amide bonds. The molecule has 32 heavy (non-hydrogen) atoms. The first kappa shape index (κ1) is 23.3. The van der Waals surface area contributed by atoms with Crippen LogP contribution in [0.2, 0.25) is 0 Å². The molecule has 1 saturated heterocycles. The van der Waals surface area contributed by atoms with Crippen LogP contribution >= 0.6 is 0 Å². The molecule has 2 N–H and O–H groups in total. The summed E-state index contributed by atoms with van der Waals surface area (Å²) in [6.07, 6.45) is 2.55. The number of hydrogen-bond donors (Lipinski definition) is 2. The first-order valence-corrected chi connectivity index (χ1v) is 11.1. The van der Waals surface area contributed by atoms with Gasteiger partial charge in [-0.05, 0) is 49.9 Å². The van der Waals surface area contributed by atoms with Gasteiger partial charge in [-0.15, -0.1) is 0 Å². The van der Waals surface area contributed by atoms with Crippen LogP contribution in [0.25, 0.3) is 0 Å². The van der Waals surface area contributed by atoms with Crippen molar-refractivity contribution >= 4 is 17.7 Å². The van der Waals surface area contributed by atoms with Crippen molar-refractivity contribution in [1.82, 2.24) is 15.5 Å². The molecule has 170 valence electrons. The van der Waals surface area contributed by atoms with E-state index in [1.165, 1.54) is 0 Å². The zero-order valence-electron chi connectivity index (χ0n) is 18.5. The number of nitrogens with zero attached hydrogens (tertiary/aromatic N) is 1. The summed E-state index contributed by atoms with van der Waals surface area (Å²) in [6, 6.07) is 16.7. The molecule has 1 aliphatic heterocycles. The van der Waals surface area contributed by atoms with Crippen molar-refractivity contribution in [2.24, 2.45) is 0 Å². The van der Waals surface area contributed by atoms with Crippen LogP contribution in [0.4, 0.5) is 0 Å². The number of nitrogens with one attached hydrogen (secondary N) is 2. The van der Waals surface area contributed by atoms with Crippen molar-refractivity contribution in [3.05, 3.63) is 65.7 Å². The number of ether oxygens (including phenoxy) is 1.